The summed E-state index contributed by atoms with van der Waals surface area (Å²) in [6.07, 6.45) is 0.964. The van der Waals surface area contributed by atoms with Crippen LogP contribution in [0.15, 0.2) is 18.2 Å². The van der Waals surface area contributed by atoms with E-state index in [1.165, 1.54) is 5.56 Å². The Morgan fingerprint density at radius 1 is 1.31 bits per heavy atom. The minimum Gasteiger partial charge on any atom is -0.506 e. The van der Waals surface area contributed by atoms with Crippen LogP contribution in [0.1, 0.15) is 26.3 Å². The smallest absolute Gasteiger partial charge is 0.138 e. The number of nitrogens with two attached hydrogens (primary N) is 1. The zero-order valence-electron chi connectivity index (χ0n) is 10.4. The molecule has 0 saturated carbocycles. The van der Waals surface area contributed by atoms with Crippen LogP contribution in [0, 0.1) is 0 Å². The highest BCUT2D eigenvalue weighted by molar-refractivity contribution is 5.53. The van der Waals surface area contributed by atoms with Crippen molar-refractivity contribution in [1.29, 1.82) is 0 Å². The van der Waals surface area contributed by atoms with Gasteiger partial charge in [-0.2, -0.15) is 0 Å². The van der Waals surface area contributed by atoms with Crippen molar-refractivity contribution in [3.8, 4) is 5.75 Å². The van der Waals surface area contributed by atoms with E-state index in [-0.39, 0.29) is 5.75 Å². The van der Waals surface area contributed by atoms with E-state index in [0.29, 0.717) is 11.7 Å². The van der Waals surface area contributed by atoms with Crippen LogP contribution in [0.3, 0.4) is 0 Å². The quantitative estimate of drug-likeness (QED) is 0.593. The first-order valence-electron chi connectivity index (χ1n) is 5.89. The van der Waals surface area contributed by atoms with Crippen molar-refractivity contribution in [3.63, 3.8) is 0 Å². The summed E-state index contributed by atoms with van der Waals surface area (Å²) < 4.78 is 0. The fourth-order valence-corrected chi connectivity index (χ4v) is 2.05. The first-order valence-corrected chi connectivity index (χ1v) is 5.89. The van der Waals surface area contributed by atoms with Crippen LogP contribution in [-0.2, 0) is 6.42 Å². The van der Waals surface area contributed by atoms with E-state index < -0.39 is 0 Å². The molecule has 0 aromatic heterocycles. The van der Waals surface area contributed by atoms with Gasteiger partial charge in [-0.1, -0.05) is 19.9 Å². The number of aromatic hydroxyl groups is 1. The van der Waals surface area contributed by atoms with E-state index in [0.717, 1.165) is 19.5 Å². The van der Waals surface area contributed by atoms with Crippen LogP contribution in [-0.4, -0.2) is 29.1 Å². The molecule has 16 heavy (non-hydrogen) atoms. The lowest BCUT2D eigenvalue weighted by Gasteiger charge is -2.26. The van der Waals surface area contributed by atoms with E-state index in [1.54, 1.807) is 6.07 Å². The third-order valence-electron chi connectivity index (χ3n) is 3.06. The molecular formula is C13H22N2O. The standard InChI is InChI=1S/C13H22N2O/c1-4-15(5-2)10(3)8-11-6-7-13(16)12(14)9-11/h6-7,9-10,16H,4-5,8,14H2,1-3H3. The largest absolute Gasteiger partial charge is 0.506 e. The molecule has 1 rings (SSSR count). The highest BCUT2D eigenvalue weighted by Gasteiger charge is 2.11. The molecule has 0 saturated heterocycles. The molecule has 1 unspecified atom stereocenters. The highest BCUT2D eigenvalue weighted by Crippen LogP contribution is 2.21. The minimum atomic E-state index is 0.166. The van der Waals surface area contributed by atoms with Gasteiger partial charge in [-0.05, 0) is 44.1 Å². The van der Waals surface area contributed by atoms with Gasteiger partial charge in [-0.3, -0.25) is 0 Å². The van der Waals surface area contributed by atoms with Gasteiger partial charge >= 0.3 is 0 Å². The van der Waals surface area contributed by atoms with Crippen molar-refractivity contribution in [1.82, 2.24) is 4.90 Å². The Kier molecular flexibility index (Phi) is 4.62. The molecule has 0 radical (unpaired) electrons. The van der Waals surface area contributed by atoms with Crippen LogP contribution in [0.5, 0.6) is 5.75 Å². The third kappa shape index (κ3) is 3.14. The van der Waals surface area contributed by atoms with E-state index in [1.807, 2.05) is 12.1 Å². The normalized spacial score (nSPS) is 13.0. The molecule has 3 N–H and O–H groups in total. The average molecular weight is 222 g/mol. The zero-order chi connectivity index (χ0) is 12.1. The van der Waals surface area contributed by atoms with Gasteiger partial charge in [0, 0.05) is 6.04 Å². The maximum absolute atomic E-state index is 9.34. The topological polar surface area (TPSA) is 49.5 Å². The molecule has 3 nitrogen and oxygen atoms in total. The summed E-state index contributed by atoms with van der Waals surface area (Å²) in [5, 5.41) is 9.34. The van der Waals surface area contributed by atoms with Gasteiger partial charge in [0.05, 0.1) is 5.69 Å². The molecule has 90 valence electrons. The Labute approximate surface area is 97.9 Å². The summed E-state index contributed by atoms with van der Waals surface area (Å²) in [7, 11) is 0. The molecule has 1 aromatic carbocycles. The van der Waals surface area contributed by atoms with Crippen molar-refractivity contribution in [3.05, 3.63) is 23.8 Å². The second kappa shape index (κ2) is 5.75. The number of hydrogen-bond acceptors (Lipinski definition) is 3. The average Bonchev–Trinajstić information content (AvgIpc) is 2.25. The molecule has 1 aromatic rings. The molecule has 0 fully saturated rings. The number of likely N-dealkylation sites (N-methyl/N-ethyl adjacent to an activating group) is 1. The van der Waals surface area contributed by atoms with E-state index in [2.05, 4.69) is 25.7 Å². The lowest BCUT2D eigenvalue weighted by Crippen LogP contribution is -2.34. The Morgan fingerprint density at radius 2 is 1.94 bits per heavy atom. The van der Waals surface area contributed by atoms with Crippen LogP contribution in [0.2, 0.25) is 0 Å². The first kappa shape index (κ1) is 12.8. The molecular weight excluding hydrogens is 200 g/mol. The number of nitrogen functional groups attached to an aromatic ring is 1. The SMILES string of the molecule is CCN(CC)C(C)Cc1ccc(O)c(N)c1. The summed E-state index contributed by atoms with van der Waals surface area (Å²) >= 11 is 0. The van der Waals surface area contributed by atoms with Gasteiger partial charge in [-0.15, -0.1) is 0 Å². The number of benzene rings is 1. The Hall–Kier alpha value is -1.22. The predicted octanol–water partition coefficient (Wildman–Crippen LogP) is 2.25. The summed E-state index contributed by atoms with van der Waals surface area (Å²) in [4.78, 5) is 2.41. The molecule has 0 aliphatic rings. The van der Waals surface area contributed by atoms with Gasteiger partial charge in [-0.25, -0.2) is 0 Å². The van der Waals surface area contributed by atoms with Crippen LogP contribution in [0.25, 0.3) is 0 Å². The van der Waals surface area contributed by atoms with Crippen molar-refractivity contribution >= 4 is 5.69 Å². The lowest BCUT2D eigenvalue weighted by molar-refractivity contribution is 0.230. The molecule has 0 bridgehead atoms. The summed E-state index contributed by atoms with van der Waals surface area (Å²) in [5.41, 5.74) is 7.31. The van der Waals surface area contributed by atoms with Crippen molar-refractivity contribution < 1.29 is 5.11 Å². The van der Waals surface area contributed by atoms with Gasteiger partial charge in [0.25, 0.3) is 0 Å². The molecule has 0 aliphatic heterocycles. The zero-order valence-corrected chi connectivity index (χ0v) is 10.4. The van der Waals surface area contributed by atoms with Crippen LogP contribution in [0.4, 0.5) is 5.69 Å². The number of nitrogens with zero attached hydrogens (tertiary/aromatic N) is 1. The number of rotatable bonds is 5. The second-order valence-corrected chi connectivity index (χ2v) is 4.17. The number of phenols is 1. The Morgan fingerprint density at radius 3 is 2.44 bits per heavy atom. The number of anilines is 1. The maximum atomic E-state index is 9.34. The molecule has 0 aliphatic carbocycles. The van der Waals surface area contributed by atoms with Crippen LogP contribution < -0.4 is 5.73 Å². The van der Waals surface area contributed by atoms with Crippen LogP contribution >= 0.6 is 0 Å². The van der Waals surface area contributed by atoms with Gasteiger partial charge in [0.15, 0.2) is 0 Å². The Bertz CT molecular complexity index is 335. The van der Waals surface area contributed by atoms with Gasteiger partial charge in [0.2, 0.25) is 0 Å². The van der Waals surface area contributed by atoms with Gasteiger partial charge in [0.1, 0.15) is 5.75 Å². The molecule has 0 spiro atoms. The predicted molar refractivity (Wildman–Crippen MR) is 68.6 cm³/mol. The van der Waals surface area contributed by atoms with Crippen molar-refractivity contribution in [2.75, 3.05) is 18.8 Å². The van der Waals surface area contributed by atoms with E-state index in [4.69, 9.17) is 5.73 Å². The lowest BCUT2D eigenvalue weighted by atomic mass is 10.0. The summed E-state index contributed by atoms with van der Waals surface area (Å²) in [5.74, 6) is 0.166. The molecule has 1 atom stereocenters. The fraction of sp³-hybridized carbons (Fsp3) is 0.538. The molecule has 0 amide bonds. The third-order valence-corrected chi connectivity index (χ3v) is 3.06. The summed E-state index contributed by atoms with van der Waals surface area (Å²) in [6.45, 7) is 8.68. The Balaban J connectivity index is 2.69. The van der Waals surface area contributed by atoms with E-state index in [9.17, 15) is 5.11 Å². The second-order valence-electron chi connectivity index (χ2n) is 4.17. The molecule has 0 heterocycles. The highest BCUT2D eigenvalue weighted by atomic mass is 16.3. The summed E-state index contributed by atoms with van der Waals surface area (Å²) in [6, 6.07) is 5.96. The minimum absolute atomic E-state index is 0.166. The number of hydrogen-bond donors (Lipinski definition) is 2. The molecule has 3 heteroatoms. The van der Waals surface area contributed by atoms with Crippen molar-refractivity contribution in [2.45, 2.75) is 33.2 Å². The first-order chi connectivity index (χ1) is 7.58. The monoisotopic (exact) mass is 222 g/mol. The van der Waals surface area contributed by atoms with Gasteiger partial charge < -0.3 is 15.7 Å². The van der Waals surface area contributed by atoms with E-state index >= 15 is 0 Å². The van der Waals surface area contributed by atoms with Crippen molar-refractivity contribution in [2.24, 2.45) is 0 Å². The fourth-order valence-electron chi connectivity index (χ4n) is 2.05. The maximum Gasteiger partial charge on any atom is 0.138 e. The number of phenolic OH excluding ortho intramolecular Hbond substituents is 1.